The summed E-state index contributed by atoms with van der Waals surface area (Å²) in [5.74, 6) is -0.209. The van der Waals surface area contributed by atoms with Gasteiger partial charge in [0.15, 0.2) is 0 Å². The van der Waals surface area contributed by atoms with Crippen LogP contribution in [0.25, 0.3) is 21.9 Å². The van der Waals surface area contributed by atoms with Gasteiger partial charge in [-0.3, -0.25) is 4.79 Å². The fourth-order valence-corrected chi connectivity index (χ4v) is 6.19. The highest BCUT2D eigenvalue weighted by atomic mass is 35.5. The Labute approximate surface area is 256 Å². The lowest BCUT2D eigenvalue weighted by Crippen LogP contribution is -2.28. The smallest absolute Gasteiger partial charge is 0.309 e. The van der Waals surface area contributed by atoms with Gasteiger partial charge in [-0.2, -0.15) is 0 Å². The lowest BCUT2D eigenvalue weighted by Gasteiger charge is -2.24. The maximum Gasteiger partial charge on any atom is 0.309 e. The average Bonchev–Trinajstić information content (AvgIpc) is 3.19. The van der Waals surface area contributed by atoms with Crippen molar-refractivity contribution in [2.24, 2.45) is 5.41 Å². The largest absolute Gasteiger partial charge is 0.483 e. The normalized spacial score (nSPS) is 13.0. The van der Waals surface area contributed by atoms with Crippen molar-refractivity contribution in [3.05, 3.63) is 94.9 Å². The molecule has 42 heavy (non-hydrogen) atoms. The molecule has 0 radical (unpaired) electrons. The molecular weight excluding hydrogens is 566 g/mol. The number of aromatic nitrogens is 3. The minimum absolute atomic E-state index is 0.124. The summed E-state index contributed by atoms with van der Waals surface area (Å²) in [6.07, 6.45) is 1.79. The third-order valence-electron chi connectivity index (χ3n) is 7.13. The van der Waals surface area contributed by atoms with Crippen LogP contribution in [-0.2, 0) is 17.8 Å². The number of nitrogens with zero attached hydrogens (tertiary/aromatic N) is 3. The van der Waals surface area contributed by atoms with E-state index in [2.05, 4.69) is 31.4 Å². The van der Waals surface area contributed by atoms with E-state index in [9.17, 15) is 9.90 Å². The van der Waals surface area contributed by atoms with Gasteiger partial charge in [0.2, 0.25) is 0 Å². The standard InChI is InChI=1S/C34H36ClN3O3S/c1-21(27-16-13-23-9-7-8-10-28(23)37-27)41-25-17-26-30(42-33(2,3)4)29(18-34(5,6)32(39)40)38(31(26)36-19-25)20-22-11-14-24(35)15-12-22/h7-17,19,21H,18,20H2,1-6H3,(H,39,40)/t21-/m0/s1. The number of rotatable bonds is 9. The summed E-state index contributed by atoms with van der Waals surface area (Å²) in [4.78, 5) is 23.0. The van der Waals surface area contributed by atoms with Gasteiger partial charge in [0.05, 0.1) is 22.8 Å². The van der Waals surface area contributed by atoms with E-state index in [1.165, 1.54) is 0 Å². The molecule has 0 aliphatic carbocycles. The van der Waals surface area contributed by atoms with E-state index in [1.807, 2.05) is 67.6 Å². The molecule has 1 atom stereocenters. The molecule has 0 fully saturated rings. The molecular formula is C34H36ClN3O3S. The molecule has 0 bridgehead atoms. The first kappa shape index (κ1) is 29.9. The summed E-state index contributed by atoms with van der Waals surface area (Å²) < 4.78 is 8.43. The van der Waals surface area contributed by atoms with Crippen molar-refractivity contribution in [3.63, 3.8) is 0 Å². The van der Waals surface area contributed by atoms with Crippen molar-refractivity contribution in [3.8, 4) is 5.75 Å². The van der Waals surface area contributed by atoms with E-state index < -0.39 is 11.4 Å². The molecule has 5 aromatic rings. The Morgan fingerprint density at radius 1 is 1.05 bits per heavy atom. The van der Waals surface area contributed by atoms with Crippen LogP contribution in [0.4, 0.5) is 0 Å². The van der Waals surface area contributed by atoms with Crippen LogP contribution in [0.5, 0.6) is 5.75 Å². The summed E-state index contributed by atoms with van der Waals surface area (Å²) in [5, 5.41) is 12.7. The third kappa shape index (κ3) is 6.58. The Hall–Kier alpha value is -3.55. The summed E-state index contributed by atoms with van der Waals surface area (Å²) >= 11 is 7.89. The molecule has 0 saturated heterocycles. The molecule has 2 aromatic carbocycles. The molecule has 3 aromatic heterocycles. The lowest BCUT2D eigenvalue weighted by atomic mass is 9.88. The third-order valence-corrected chi connectivity index (χ3v) is 8.65. The minimum atomic E-state index is -0.977. The summed E-state index contributed by atoms with van der Waals surface area (Å²) in [6.45, 7) is 12.5. The van der Waals surface area contributed by atoms with E-state index in [0.29, 0.717) is 23.7 Å². The number of carboxylic acid groups (broad SMARTS) is 1. The topological polar surface area (TPSA) is 77.2 Å². The summed E-state index contributed by atoms with van der Waals surface area (Å²) in [5.41, 5.74) is 3.57. The predicted molar refractivity (Wildman–Crippen MR) is 172 cm³/mol. The predicted octanol–water partition coefficient (Wildman–Crippen LogP) is 8.97. The Balaban J connectivity index is 1.61. The number of thioether (sulfide) groups is 1. The number of ether oxygens (including phenoxy) is 1. The van der Waals surface area contributed by atoms with Crippen LogP contribution in [0, 0.1) is 5.41 Å². The first-order chi connectivity index (χ1) is 19.8. The number of pyridine rings is 2. The van der Waals surface area contributed by atoms with Crippen molar-refractivity contribution in [1.82, 2.24) is 14.5 Å². The molecule has 1 N–H and O–H groups in total. The molecule has 0 amide bonds. The lowest BCUT2D eigenvalue weighted by molar-refractivity contribution is -0.146. The number of hydrogen-bond donors (Lipinski definition) is 1. The molecule has 0 saturated carbocycles. The van der Waals surface area contributed by atoms with E-state index in [1.54, 1.807) is 31.8 Å². The molecule has 5 rings (SSSR count). The van der Waals surface area contributed by atoms with Crippen LogP contribution in [0.15, 0.2) is 77.8 Å². The Bertz CT molecular complexity index is 1760. The molecule has 0 aliphatic heterocycles. The highest BCUT2D eigenvalue weighted by Crippen LogP contribution is 2.44. The fourth-order valence-electron chi connectivity index (χ4n) is 4.90. The van der Waals surface area contributed by atoms with Gasteiger partial charge in [-0.15, -0.1) is 11.8 Å². The SMILES string of the molecule is C[C@H](Oc1cnc2c(c1)c(SC(C)(C)C)c(CC(C)(C)C(=O)O)n2Cc1ccc(Cl)cc1)c1ccc2ccccc2n1. The Kier molecular flexibility index (Phi) is 8.28. The number of aliphatic carboxylic acids is 1. The van der Waals surface area contributed by atoms with E-state index in [0.717, 1.165) is 43.8 Å². The molecule has 6 nitrogen and oxygen atoms in total. The quantitative estimate of drug-likeness (QED) is 0.170. The van der Waals surface area contributed by atoms with Crippen molar-refractivity contribution in [2.45, 2.75) is 70.3 Å². The number of fused-ring (bicyclic) bond motifs is 2. The number of hydrogen-bond acceptors (Lipinski definition) is 5. The molecule has 0 spiro atoms. The molecule has 218 valence electrons. The van der Waals surface area contributed by atoms with Gasteiger partial charge in [0.25, 0.3) is 0 Å². The van der Waals surface area contributed by atoms with Crippen LogP contribution >= 0.6 is 23.4 Å². The molecule has 8 heteroatoms. The van der Waals surface area contributed by atoms with Crippen molar-refractivity contribution in [2.75, 3.05) is 0 Å². The number of para-hydroxylation sites is 1. The number of benzene rings is 2. The maximum absolute atomic E-state index is 12.3. The Morgan fingerprint density at radius 3 is 2.45 bits per heavy atom. The first-order valence-electron chi connectivity index (χ1n) is 14.0. The van der Waals surface area contributed by atoms with Gasteiger partial charge in [-0.1, -0.05) is 68.8 Å². The van der Waals surface area contributed by atoms with E-state index >= 15 is 0 Å². The van der Waals surface area contributed by atoms with Crippen LogP contribution in [0.2, 0.25) is 5.02 Å². The second kappa shape index (κ2) is 11.6. The number of halogens is 1. The highest BCUT2D eigenvalue weighted by molar-refractivity contribution is 8.00. The second-order valence-corrected chi connectivity index (χ2v) is 14.6. The maximum atomic E-state index is 12.3. The number of carbonyl (C=O) groups is 1. The van der Waals surface area contributed by atoms with Gasteiger partial charge in [-0.25, -0.2) is 9.97 Å². The van der Waals surface area contributed by atoms with Crippen LogP contribution < -0.4 is 4.74 Å². The minimum Gasteiger partial charge on any atom is -0.483 e. The van der Waals surface area contributed by atoms with E-state index in [4.69, 9.17) is 26.3 Å². The van der Waals surface area contributed by atoms with Crippen LogP contribution in [-0.4, -0.2) is 30.4 Å². The van der Waals surface area contributed by atoms with Gasteiger partial charge in [-0.05, 0) is 56.7 Å². The van der Waals surface area contributed by atoms with Crippen LogP contribution in [0.1, 0.15) is 64.6 Å². The van der Waals surface area contributed by atoms with Crippen molar-refractivity contribution >= 4 is 51.3 Å². The van der Waals surface area contributed by atoms with E-state index in [-0.39, 0.29) is 10.9 Å². The summed E-state index contributed by atoms with van der Waals surface area (Å²) in [6, 6.07) is 21.8. The second-order valence-electron chi connectivity index (χ2n) is 12.3. The van der Waals surface area contributed by atoms with Gasteiger partial charge in [0, 0.05) is 44.1 Å². The van der Waals surface area contributed by atoms with Gasteiger partial charge in [0.1, 0.15) is 17.5 Å². The Morgan fingerprint density at radius 2 is 1.76 bits per heavy atom. The summed E-state index contributed by atoms with van der Waals surface area (Å²) in [7, 11) is 0. The number of carboxylic acids is 1. The van der Waals surface area contributed by atoms with Crippen molar-refractivity contribution < 1.29 is 14.6 Å². The average molecular weight is 602 g/mol. The fraction of sp³-hybridized carbons (Fsp3) is 0.324. The van der Waals surface area contributed by atoms with Gasteiger partial charge < -0.3 is 14.4 Å². The zero-order valence-corrected chi connectivity index (χ0v) is 26.4. The highest BCUT2D eigenvalue weighted by Gasteiger charge is 2.33. The molecule has 3 heterocycles. The zero-order chi connectivity index (χ0) is 30.2. The first-order valence-corrected chi connectivity index (χ1v) is 15.2. The zero-order valence-electron chi connectivity index (χ0n) is 24.8. The molecule has 0 aliphatic rings. The molecule has 0 unspecified atom stereocenters. The monoisotopic (exact) mass is 601 g/mol. The van der Waals surface area contributed by atoms with Crippen LogP contribution in [0.3, 0.4) is 0 Å². The van der Waals surface area contributed by atoms with Gasteiger partial charge >= 0.3 is 5.97 Å². The van der Waals surface area contributed by atoms with Crippen molar-refractivity contribution in [1.29, 1.82) is 0 Å².